The fourth-order valence-corrected chi connectivity index (χ4v) is 3.47. The first-order valence-corrected chi connectivity index (χ1v) is 11.1. The molecule has 0 aliphatic rings. The molecule has 1 unspecified atom stereocenters. The third-order valence-electron chi connectivity index (χ3n) is 5.77. The molecule has 2 amide bonds. The molecule has 1 N–H and O–H groups in total. The number of carbonyl (C=O) groups excluding carboxylic acids is 3. The van der Waals surface area contributed by atoms with Gasteiger partial charge in [0.2, 0.25) is 11.8 Å². The lowest BCUT2D eigenvalue weighted by Gasteiger charge is -2.27. The Kier molecular flexibility index (Phi) is 9.76. The second-order valence-electron chi connectivity index (χ2n) is 8.35. The van der Waals surface area contributed by atoms with E-state index in [0.717, 1.165) is 4.90 Å². The predicted octanol–water partition coefficient (Wildman–Crippen LogP) is 4.54. The molecule has 0 aromatic heterocycles. The van der Waals surface area contributed by atoms with Crippen molar-refractivity contribution in [2.75, 3.05) is 21.2 Å². The largest absolute Gasteiger partial charge is 0.489 e. The Morgan fingerprint density at radius 2 is 1.47 bits per heavy atom. The van der Waals surface area contributed by atoms with Crippen molar-refractivity contribution in [3.05, 3.63) is 64.7 Å². The summed E-state index contributed by atoms with van der Waals surface area (Å²) in [6, 6.07) is 5.83. The molecule has 2 rings (SSSR count). The maximum Gasteiger partial charge on any atom is 0.416 e. The molecular weight excluding hydrogens is 522 g/mol. The van der Waals surface area contributed by atoms with E-state index >= 15 is 0 Å². The van der Waals surface area contributed by atoms with Gasteiger partial charge in [0.05, 0.1) is 24.2 Å². The lowest BCUT2D eigenvalue weighted by molar-refractivity contribution is -0.151. The van der Waals surface area contributed by atoms with Crippen LogP contribution < -0.4 is 10.1 Å². The van der Waals surface area contributed by atoms with Gasteiger partial charge in [-0.3, -0.25) is 9.59 Å². The maximum atomic E-state index is 13.1. The van der Waals surface area contributed by atoms with E-state index in [1.54, 1.807) is 0 Å². The number of carbonyl (C=O) groups is 3. The molecule has 0 radical (unpaired) electrons. The van der Waals surface area contributed by atoms with Gasteiger partial charge >= 0.3 is 18.3 Å². The minimum atomic E-state index is -4.98. The zero-order chi connectivity index (χ0) is 28.8. The van der Waals surface area contributed by atoms with Gasteiger partial charge in [-0.15, -0.1) is 0 Å². The molecule has 38 heavy (non-hydrogen) atoms. The van der Waals surface area contributed by atoms with Gasteiger partial charge in [-0.25, -0.2) is 4.79 Å². The average Bonchev–Trinajstić information content (AvgIpc) is 2.87. The summed E-state index contributed by atoms with van der Waals surface area (Å²) in [5, 5.41) is 2.42. The number of methoxy groups -OCH3 is 1. The van der Waals surface area contributed by atoms with E-state index in [9.17, 15) is 40.7 Å². The Morgan fingerprint density at radius 1 is 0.947 bits per heavy atom. The van der Waals surface area contributed by atoms with Crippen LogP contribution >= 0.6 is 0 Å². The summed E-state index contributed by atoms with van der Waals surface area (Å²) in [7, 11) is 3.93. The highest BCUT2D eigenvalue weighted by Crippen LogP contribution is 2.36. The zero-order valence-corrected chi connectivity index (χ0v) is 20.9. The number of nitrogens with zero attached hydrogens (tertiary/aromatic N) is 1. The van der Waals surface area contributed by atoms with Gasteiger partial charge in [-0.2, -0.15) is 26.3 Å². The molecule has 2 atom stereocenters. The summed E-state index contributed by atoms with van der Waals surface area (Å²) in [4.78, 5) is 38.1. The summed E-state index contributed by atoms with van der Waals surface area (Å²) < 4.78 is 88.5. The summed E-state index contributed by atoms with van der Waals surface area (Å²) in [5.41, 5.74) is -2.89. The lowest BCUT2D eigenvalue weighted by Crippen LogP contribution is -2.44. The van der Waals surface area contributed by atoms with Crippen LogP contribution in [0.25, 0.3) is 0 Å². The zero-order valence-electron chi connectivity index (χ0n) is 20.9. The number of esters is 1. The first-order chi connectivity index (χ1) is 17.6. The lowest BCUT2D eigenvalue weighted by atomic mass is 9.93. The van der Waals surface area contributed by atoms with Crippen LogP contribution in [-0.2, 0) is 38.1 Å². The van der Waals surface area contributed by atoms with Crippen LogP contribution in [0, 0.1) is 0 Å². The van der Waals surface area contributed by atoms with E-state index < -0.39 is 59.8 Å². The van der Waals surface area contributed by atoms with Crippen molar-refractivity contribution in [3.63, 3.8) is 0 Å². The van der Waals surface area contributed by atoms with Crippen LogP contribution in [0.1, 0.15) is 41.5 Å². The molecule has 0 heterocycles. The smallest absolute Gasteiger partial charge is 0.416 e. The highest BCUT2D eigenvalue weighted by atomic mass is 19.4. The fourth-order valence-electron chi connectivity index (χ4n) is 3.47. The minimum absolute atomic E-state index is 0.0278. The Labute approximate surface area is 214 Å². The molecule has 208 valence electrons. The van der Waals surface area contributed by atoms with Gasteiger partial charge in [0.25, 0.3) is 0 Å². The van der Waals surface area contributed by atoms with E-state index in [-0.39, 0.29) is 23.8 Å². The number of alkyl halides is 6. The van der Waals surface area contributed by atoms with Crippen molar-refractivity contribution >= 4 is 17.8 Å². The number of benzene rings is 2. The Morgan fingerprint density at radius 3 is 1.92 bits per heavy atom. The molecule has 0 saturated carbocycles. The number of ether oxygens (including phenoxy) is 2. The minimum Gasteiger partial charge on any atom is -0.489 e. The SMILES string of the molecule is CNC(=O)CC(C(=O)N(C)[C@H](C)C(=O)OC)c1ccc(OCc2cc(C(F)(F)F)cc(C(F)(F)F)c2)cc1. The first-order valence-electron chi connectivity index (χ1n) is 11.1. The molecule has 0 spiro atoms. The number of rotatable bonds is 9. The Bertz CT molecular complexity index is 1120. The third kappa shape index (κ3) is 7.86. The molecule has 0 saturated heterocycles. The number of halogens is 6. The molecule has 2 aromatic carbocycles. The standard InChI is InChI=1S/C25H26F6N2O5/c1-14(23(36)37-4)33(3)22(35)20(12-21(34)32-2)16-5-7-19(8-6-16)38-13-15-9-17(24(26,27)28)11-18(10-15)25(29,30)31/h5-11,14,20H,12-13H2,1-4H3,(H,32,34)/t14-,20?/m1/s1. The van der Waals surface area contributed by atoms with Gasteiger partial charge < -0.3 is 19.7 Å². The van der Waals surface area contributed by atoms with Crippen molar-refractivity contribution < 1.29 is 50.2 Å². The van der Waals surface area contributed by atoms with Crippen LogP contribution in [-0.4, -0.2) is 49.9 Å². The second-order valence-corrected chi connectivity index (χ2v) is 8.35. The average molecular weight is 548 g/mol. The fraction of sp³-hybridized carbons (Fsp3) is 0.400. The number of hydrogen-bond donors (Lipinski definition) is 1. The highest BCUT2D eigenvalue weighted by molar-refractivity contribution is 5.92. The van der Waals surface area contributed by atoms with Gasteiger partial charge in [0.1, 0.15) is 18.4 Å². The van der Waals surface area contributed by atoms with E-state index in [0.29, 0.717) is 17.7 Å². The van der Waals surface area contributed by atoms with E-state index in [1.807, 2.05) is 0 Å². The summed E-state index contributed by atoms with van der Waals surface area (Å²) in [6.45, 7) is 0.863. The van der Waals surface area contributed by atoms with Gasteiger partial charge in [-0.05, 0) is 48.4 Å². The molecular formula is C25H26F6N2O5. The molecule has 13 heteroatoms. The first kappa shape index (κ1) is 30.5. The molecule has 7 nitrogen and oxygen atoms in total. The third-order valence-corrected chi connectivity index (χ3v) is 5.77. The number of nitrogens with one attached hydrogen (secondary N) is 1. The van der Waals surface area contributed by atoms with E-state index in [2.05, 4.69) is 10.1 Å². The van der Waals surface area contributed by atoms with Crippen molar-refractivity contribution in [1.29, 1.82) is 0 Å². The van der Waals surface area contributed by atoms with Crippen molar-refractivity contribution in [2.45, 2.75) is 44.3 Å². The molecule has 0 aliphatic heterocycles. The molecule has 0 fully saturated rings. The molecule has 0 aliphatic carbocycles. The molecule has 2 aromatic rings. The summed E-state index contributed by atoms with van der Waals surface area (Å²) in [6.07, 6.45) is -10.2. The monoisotopic (exact) mass is 548 g/mol. The van der Waals surface area contributed by atoms with Crippen LogP contribution in [0.2, 0.25) is 0 Å². The Hall–Kier alpha value is -3.77. The van der Waals surface area contributed by atoms with Gasteiger partial charge in [0, 0.05) is 20.5 Å². The number of amides is 2. The quantitative estimate of drug-likeness (QED) is 0.368. The highest BCUT2D eigenvalue weighted by Gasteiger charge is 2.37. The van der Waals surface area contributed by atoms with Gasteiger partial charge in [-0.1, -0.05) is 12.1 Å². The number of likely N-dealkylation sites (N-methyl/N-ethyl adjacent to an activating group) is 1. The molecule has 0 bridgehead atoms. The van der Waals surface area contributed by atoms with Crippen LogP contribution in [0.3, 0.4) is 0 Å². The maximum absolute atomic E-state index is 13.1. The van der Waals surface area contributed by atoms with Crippen molar-refractivity contribution in [1.82, 2.24) is 10.2 Å². The second kappa shape index (κ2) is 12.2. The number of hydrogen-bond acceptors (Lipinski definition) is 5. The summed E-state index contributed by atoms with van der Waals surface area (Å²) in [5.74, 6) is -2.57. The predicted molar refractivity (Wildman–Crippen MR) is 123 cm³/mol. The van der Waals surface area contributed by atoms with Crippen LogP contribution in [0.5, 0.6) is 5.75 Å². The Balaban J connectivity index is 2.27. The van der Waals surface area contributed by atoms with E-state index in [1.165, 1.54) is 52.4 Å². The van der Waals surface area contributed by atoms with E-state index in [4.69, 9.17) is 4.74 Å². The van der Waals surface area contributed by atoms with Crippen LogP contribution in [0.15, 0.2) is 42.5 Å². The normalized spacial score (nSPS) is 13.3. The van der Waals surface area contributed by atoms with Crippen LogP contribution in [0.4, 0.5) is 26.3 Å². The topological polar surface area (TPSA) is 84.9 Å². The van der Waals surface area contributed by atoms with Gasteiger partial charge in [0.15, 0.2) is 0 Å². The van der Waals surface area contributed by atoms with Crippen molar-refractivity contribution in [3.8, 4) is 5.75 Å². The summed E-state index contributed by atoms with van der Waals surface area (Å²) >= 11 is 0. The van der Waals surface area contributed by atoms with Crippen molar-refractivity contribution in [2.24, 2.45) is 0 Å².